The first kappa shape index (κ1) is 29.2. The highest BCUT2D eigenvalue weighted by Gasteiger charge is 2.21. The maximum Gasteiger partial charge on any atom is 0.254 e. The molecule has 3 aromatic carbocycles. The Morgan fingerprint density at radius 3 is 2.17 bits per heavy atom. The van der Waals surface area contributed by atoms with E-state index < -0.39 is 21.9 Å². The average Bonchev–Trinajstić information content (AvgIpc) is 3.00. The van der Waals surface area contributed by atoms with Crippen molar-refractivity contribution in [3.63, 3.8) is 0 Å². The van der Waals surface area contributed by atoms with Crippen molar-refractivity contribution < 1.29 is 22.7 Å². The van der Waals surface area contributed by atoms with Gasteiger partial charge in [0.05, 0.1) is 24.2 Å². The van der Waals surface area contributed by atoms with E-state index in [0.717, 1.165) is 16.5 Å². The van der Waals surface area contributed by atoms with Crippen LogP contribution in [0.5, 0.6) is 0 Å². The Kier molecular flexibility index (Phi) is 10.2. The van der Waals surface area contributed by atoms with E-state index in [2.05, 4.69) is 5.32 Å². The van der Waals surface area contributed by atoms with Crippen LogP contribution in [0.4, 0.5) is 0 Å². The Bertz CT molecular complexity index is 1390. The number of aryl methyl sites for hydroxylation is 1. The summed E-state index contributed by atoms with van der Waals surface area (Å²) in [6, 6.07) is 23.7. The number of nitrogens with one attached hydrogen (secondary N) is 1. The van der Waals surface area contributed by atoms with Gasteiger partial charge in [-0.15, -0.1) is 0 Å². The molecule has 0 saturated carbocycles. The fourth-order valence-electron chi connectivity index (χ4n) is 4.44. The highest BCUT2D eigenvalue weighted by molar-refractivity contribution is 7.94. The minimum absolute atomic E-state index is 0.0459. The van der Waals surface area contributed by atoms with Gasteiger partial charge in [0.25, 0.3) is 5.91 Å². The predicted molar refractivity (Wildman–Crippen MR) is 154 cm³/mol. The van der Waals surface area contributed by atoms with E-state index in [4.69, 9.17) is 10.5 Å². The quantitative estimate of drug-likeness (QED) is 0.371. The number of rotatable bonds is 11. The Labute approximate surface area is 235 Å². The molecule has 9 heteroatoms. The second-order valence-corrected chi connectivity index (χ2v) is 11.6. The first-order valence-corrected chi connectivity index (χ1v) is 14.9. The molecule has 0 unspecified atom stereocenters. The van der Waals surface area contributed by atoms with E-state index in [1.165, 1.54) is 18.2 Å². The number of hydrogen-bond donors (Lipinski definition) is 2. The lowest BCUT2D eigenvalue weighted by Crippen LogP contribution is -2.46. The molecule has 1 heterocycles. The molecule has 3 aromatic rings. The number of ether oxygens (including phenoxy) is 1. The summed E-state index contributed by atoms with van der Waals surface area (Å²) in [6.07, 6.45) is 2.94. The number of carbonyl (C=O) groups excluding carboxylic acids is 2. The smallest absolute Gasteiger partial charge is 0.254 e. The molecular formula is C31H35N3O5S. The van der Waals surface area contributed by atoms with Gasteiger partial charge < -0.3 is 20.7 Å². The summed E-state index contributed by atoms with van der Waals surface area (Å²) in [7, 11) is -3.66. The molecule has 1 fully saturated rings. The van der Waals surface area contributed by atoms with Crippen LogP contribution >= 0.6 is 0 Å². The van der Waals surface area contributed by atoms with E-state index >= 15 is 0 Å². The maximum atomic E-state index is 13.1. The molecule has 8 nitrogen and oxygen atoms in total. The molecule has 1 saturated heterocycles. The largest absolute Gasteiger partial charge is 0.378 e. The van der Waals surface area contributed by atoms with Gasteiger partial charge in [-0.1, -0.05) is 66.7 Å². The maximum absolute atomic E-state index is 13.1. The summed E-state index contributed by atoms with van der Waals surface area (Å²) in [5.74, 6) is -0.427. The lowest BCUT2D eigenvalue weighted by Gasteiger charge is -2.26. The summed E-state index contributed by atoms with van der Waals surface area (Å²) in [4.78, 5) is 27.7. The third-order valence-electron chi connectivity index (χ3n) is 6.77. The summed E-state index contributed by atoms with van der Waals surface area (Å²) in [5.41, 5.74) is 8.73. The second kappa shape index (κ2) is 14.0. The summed E-state index contributed by atoms with van der Waals surface area (Å²) < 4.78 is 30.9. The molecule has 1 aliphatic rings. The molecule has 210 valence electrons. The van der Waals surface area contributed by atoms with Gasteiger partial charge in [0.2, 0.25) is 5.91 Å². The Morgan fingerprint density at radius 1 is 0.900 bits per heavy atom. The molecule has 1 aliphatic heterocycles. The van der Waals surface area contributed by atoms with E-state index in [-0.39, 0.29) is 23.1 Å². The number of benzene rings is 3. The molecule has 0 spiro atoms. The zero-order valence-corrected chi connectivity index (χ0v) is 23.1. The van der Waals surface area contributed by atoms with Crippen molar-refractivity contribution in [2.75, 3.05) is 26.3 Å². The van der Waals surface area contributed by atoms with Crippen LogP contribution in [-0.4, -0.2) is 63.5 Å². The Balaban J connectivity index is 1.40. The van der Waals surface area contributed by atoms with Crippen LogP contribution in [0.15, 0.2) is 101 Å². The van der Waals surface area contributed by atoms with Gasteiger partial charge in [-0.25, -0.2) is 8.42 Å². The number of morpholine rings is 1. The lowest BCUT2D eigenvalue weighted by molar-refractivity contribution is -0.122. The first-order chi connectivity index (χ1) is 19.3. The topological polar surface area (TPSA) is 119 Å². The van der Waals surface area contributed by atoms with Crippen LogP contribution in [0.2, 0.25) is 0 Å². The van der Waals surface area contributed by atoms with Crippen LogP contribution in [-0.2, 0) is 32.2 Å². The van der Waals surface area contributed by atoms with Gasteiger partial charge in [0.15, 0.2) is 9.84 Å². The standard InChI is InChI=1S/C31H35N3O5S/c32-29(23-25-11-14-26(15-12-25)31(36)34-18-20-39-21-19-34)30(35)33-27(16-13-24-7-3-1-4-8-24)17-22-40(37,38)28-9-5-2-6-10-28/h1-12,14-15,17,22,27,29H,13,16,18-21,23,32H2,(H,33,35)/b22-17+/t27-,29+/m1/s1. The van der Waals surface area contributed by atoms with E-state index in [1.807, 2.05) is 30.3 Å². The van der Waals surface area contributed by atoms with Crippen molar-refractivity contribution in [3.8, 4) is 0 Å². The van der Waals surface area contributed by atoms with E-state index in [1.54, 1.807) is 47.4 Å². The van der Waals surface area contributed by atoms with Crippen molar-refractivity contribution in [2.24, 2.45) is 5.73 Å². The number of carbonyl (C=O) groups is 2. The van der Waals surface area contributed by atoms with Crippen LogP contribution in [0, 0.1) is 0 Å². The molecule has 3 N–H and O–H groups in total. The van der Waals surface area contributed by atoms with Crippen molar-refractivity contribution in [2.45, 2.75) is 36.2 Å². The lowest BCUT2D eigenvalue weighted by atomic mass is 10.0. The van der Waals surface area contributed by atoms with E-state index in [9.17, 15) is 18.0 Å². The third-order valence-corrected chi connectivity index (χ3v) is 8.21. The van der Waals surface area contributed by atoms with Crippen molar-refractivity contribution in [1.29, 1.82) is 0 Å². The van der Waals surface area contributed by atoms with Gasteiger partial charge in [-0.3, -0.25) is 9.59 Å². The monoisotopic (exact) mass is 561 g/mol. The van der Waals surface area contributed by atoms with Crippen molar-refractivity contribution >= 4 is 21.7 Å². The van der Waals surface area contributed by atoms with Gasteiger partial charge in [0.1, 0.15) is 0 Å². The zero-order valence-electron chi connectivity index (χ0n) is 22.3. The number of nitrogens with zero attached hydrogens (tertiary/aromatic N) is 1. The molecule has 2 amide bonds. The number of hydrogen-bond acceptors (Lipinski definition) is 6. The first-order valence-electron chi connectivity index (χ1n) is 13.4. The summed E-state index contributed by atoms with van der Waals surface area (Å²) >= 11 is 0. The number of nitrogens with two attached hydrogens (primary N) is 1. The Morgan fingerprint density at radius 2 is 1.52 bits per heavy atom. The second-order valence-electron chi connectivity index (χ2n) is 9.74. The van der Waals surface area contributed by atoms with Crippen LogP contribution in [0.25, 0.3) is 0 Å². The summed E-state index contributed by atoms with van der Waals surface area (Å²) in [5, 5.41) is 4.06. The molecule has 0 aromatic heterocycles. The summed E-state index contributed by atoms with van der Waals surface area (Å²) in [6.45, 7) is 2.21. The molecular weight excluding hydrogens is 526 g/mol. The van der Waals surface area contributed by atoms with Crippen LogP contribution < -0.4 is 11.1 Å². The fraction of sp³-hybridized carbons (Fsp3) is 0.290. The van der Waals surface area contributed by atoms with Crippen LogP contribution in [0.3, 0.4) is 0 Å². The van der Waals surface area contributed by atoms with Gasteiger partial charge in [-0.05, 0) is 54.7 Å². The van der Waals surface area contributed by atoms with E-state index in [0.29, 0.717) is 44.7 Å². The van der Waals surface area contributed by atoms with Gasteiger partial charge in [0, 0.05) is 30.1 Å². The van der Waals surface area contributed by atoms with Crippen LogP contribution in [0.1, 0.15) is 27.9 Å². The molecule has 2 atom stereocenters. The SMILES string of the molecule is N[C@@H](Cc1ccc(C(=O)N2CCOCC2)cc1)C(=O)N[C@@H](/C=C/S(=O)(=O)c1ccccc1)CCc1ccccc1. The molecule has 40 heavy (non-hydrogen) atoms. The fourth-order valence-corrected chi connectivity index (χ4v) is 5.53. The highest BCUT2D eigenvalue weighted by atomic mass is 32.2. The predicted octanol–water partition coefficient (Wildman–Crippen LogP) is 3.13. The minimum atomic E-state index is -3.66. The molecule has 0 bridgehead atoms. The number of amides is 2. The molecule has 4 rings (SSSR count). The highest BCUT2D eigenvalue weighted by Crippen LogP contribution is 2.14. The van der Waals surface area contributed by atoms with Crippen molar-refractivity contribution in [3.05, 3.63) is 113 Å². The van der Waals surface area contributed by atoms with Crippen molar-refractivity contribution in [1.82, 2.24) is 10.2 Å². The Hall–Kier alpha value is -3.79. The normalized spacial score (nSPS) is 15.5. The minimum Gasteiger partial charge on any atom is -0.378 e. The van der Waals surface area contributed by atoms with Gasteiger partial charge >= 0.3 is 0 Å². The van der Waals surface area contributed by atoms with Gasteiger partial charge in [-0.2, -0.15) is 0 Å². The molecule has 0 radical (unpaired) electrons. The molecule has 0 aliphatic carbocycles. The average molecular weight is 562 g/mol. The zero-order chi connectivity index (χ0) is 28.4. The third kappa shape index (κ3) is 8.35. The number of sulfone groups is 1.